The van der Waals surface area contributed by atoms with E-state index in [-0.39, 0.29) is 5.38 Å². The third kappa shape index (κ3) is 2.89. The molecule has 1 nitrogen and oxygen atoms in total. The molecule has 0 spiro atoms. The topological polar surface area (TPSA) is 9.23 Å². The van der Waals surface area contributed by atoms with Crippen LogP contribution in [0.25, 0.3) is 0 Å². The lowest BCUT2D eigenvalue weighted by molar-refractivity contribution is 0.416. The lowest BCUT2D eigenvalue weighted by Crippen LogP contribution is -1.91. The van der Waals surface area contributed by atoms with E-state index in [9.17, 15) is 0 Å². The van der Waals surface area contributed by atoms with Crippen LogP contribution in [0.1, 0.15) is 15.8 Å². The Labute approximate surface area is 119 Å². The van der Waals surface area contributed by atoms with Crippen molar-refractivity contribution in [1.29, 1.82) is 0 Å². The van der Waals surface area contributed by atoms with Crippen LogP contribution in [-0.2, 0) is 0 Å². The summed E-state index contributed by atoms with van der Waals surface area (Å²) in [5.41, 5.74) is 0.810. The van der Waals surface area contributed by atoms with E-state index in [0.717, 1.165) is 16.2 Å². The molecule has 17 heavy (non-hydrogen) atoms. The summed E-state index contributed by atoms with van der Waals surface area (Å²) < 4.78 is 5.13. The molecule has 0 radical (unpaired) electrons. The Morgan fingerprint density at radius 2 is 2.00 bits per heavy atom. The van der Waals surface area contributed by atoms with Gasteiger partial charge in [0.05, 0.1) is 12.5 Å². The Kier molecular flexibility index (Phi) is 4.21. The van der Waals surface area contributed by atoms with Crippen LogP contribution in [0.3, 0.4) is 0 Å². The number of rotatable bonds is 3. The number of alkyl halides is 1. The van der Waals surface area contributed by atoms with E-state index < -0.39 is 0 Å². The Morgan fingerprint density at radius 3 is 2.65 bits per heavy atom. The summed E-state index contributed by atoms with van der Waals surface area (Å²) in [5.74, 6) is 0.800. The molecule has 1 aromatic heterocycles. The molecule has 2 rings (SSSR count). The molecule has 0 aliphatic carbocycles. The molecule has 5 heteroatoms. The van der Waals surface area contributed by atoms with Crippen LogP contribution < -0.4 is 4.74 Å². The molecule has 2 aromatic rings. The number of hydrogen-bond acceptors (Lipinski definition) is 2. The van der Waals surface area contributed by atoms with Crippen molar-refractivity contribution in [1.82, 2.24) is 0 Å². The summed E-state index contributed by atoms with van der Waals surface area (Å²) in [4.78, 5) is 0.979. The first kappa shape index (κ1) is 13.0. The zero-order valence-corrected chi connectivity index (χ0v) is 12.0. The van der Waals surface area contributed by atoms with Crippen LogP contribution >= 0.6 is 46.1 Å². The van der Waals surface area contributed by atoms with Gasteiger partial charge in [-0.25, -0.2) is 0 Å². The van der Waals surface area contributed by atoms with Crippen LogP contribution in [-0.4, -0.2) is 7.11 Å². The summed E-state index contributed by atoms with van der Waals surface area (Å²) in [6, 6.07) is 7.18. The quantitative estimate of drug-likeness (QED) is 0.691. The van der Waals surface area contributed by atoms with Crippen molar-refractivity contribution in [3.05, 3.63) is 50.1 Å². The van der Waals surface area contributed by atoms with Crippen molar-refractivity contribution in [3.63, 3.8) is 0 Å². The average Bonchev–Trinajstić information content (AvgIpc) is 2.80. The Hall–Kier alpha value is -0.410. The maximum Gasteiger partial charge on any atom is 0.129 e. The maximum atomic E-state index is 6.39. The van der Waals surface area contributed by atoms with E-state index in [0.29, 0.717) is 10.0 Å². The normalized spacial score (nSPS) is 12.5. The first-order valence-electron chi connectivity index (χ1n) is 4.83. The number of thiophene rings is 1. The molecular weight excluding hydrogens is 299 g/mol. The molecule has 0 saturated heterocycles. The van der Waals surface area contributed by atoms with Gasteiger partial charge in [0.2, 0.25) is 0 Å². The lowest BCUT2D eigenvalue weighted by atomic mass is 10.1. The van der Waals surface area contributed by atoms with E-state index >= 15 is 0 Å². The molecule has 1 atom stereocenters. The van der Waals surface area contributed by atoms with Gasteiger partial charge in [-0.15, -0.1) is 22.9 Å². The summed E-state index contributed by atoms with van der Waals surface area (Å²) in [7, 11) is 1.63. The smallest absolute Gasteiger partial charge is 0.129 e. The zero-order valence-electron chi connectivity index (χ0n) is 8.91. The van der Waals surface area contributed by atoms with E-state index in [1.54, 1.807) is 25.3 Å². The predicted molar refractivity (Wildman–Crippen MR) is 75.0 cm³/mol. The molecule has 0 N–H and O–H groups in total. The molecule has 90 valence electrons. The lowest BCUT2D eigenvalue weighted by Gasteiger charge is -2.10. The summed E-state index contributed by atoms with van der Waals surface area (Å²) in [6.07, 6.45) is 0. The van der Waals surface area contributed by atoms with Crippen molar-refractivity contribution in [2.24, 2.45) is 0 Å². The molecule has 0 saturated carbocycles. The monoisotopic (exact) mass is 306 g/mol. The fraction of sp³-hybridized carbons (Fsp3) is 0.167. The second-order valence-corrected chi connectivity index (χ2v) is 5.64. The van der Waals surface area contributed by atoms with Crippen molar-refractivity contribution in [3.8, 4) is 5.75 Å². The van der Waals surface area contributed by atoms with Gasteiger partial charge in [-0.2, -0.15) is 0 Å². The highest BCUT2D eigenvalue weighted by molar-refractivity contribution is 7.10. The van der Waals surface area contributed by atoms with Crippen molar-refractivity contribution in [2.75, 3.05) is 7.11 Å². The molecule has 0 aliphatic rings. The highest BCUT2D eigenvalue weighted by atomic mass is 35.5. The first-order valence-corrected chi connectivity index (χ1v) is 6.90. The highest BCUT2D eigenvalue weighted by Crippen LogP contribution is 2.39. The van der Waals surface area contributed by atoms with Crippen LogP contribution in [0.15, 0.2) is 29.6 Å². The van der Waals surface area contributed by atoms with Gasteiger partial charge in [0.25, 0.3) is 0 Å². The minimum atomic E-state index is -0.310. The summed E-state index contributed by atoms with van der Waals surface area (Å²) in [5, 5.41) is 2.83. The van der Waals surface area contributed by atoms with Crippen LogP contribution in [0.5, 0.6) is 5.75 Å². The van der Waals surface area contributed by atoms with Gasteiger partial charge in [-0.05, 0) is 29.8 Å². The molecule has 1 heterocycles. The van der Waals surface area contributed by atoms with Gasteiger partial charge in [0, 0.05) is 20.3 Å². The number of methoxy groups -OCH3 is 1. The van der Waals surface area contributed by atoms with Crippen molar-refractivity contribution >= 4 is 46.1 Å². The summed E-state index contributed by atoms with van der Waals surface area (Å²) in [6.45, 7) is 0. The van der Waals surface area contributed by atoms with E-state index in [1.807, 2.05) is 11.4 Å². The van der Waals surface area contributed by atoms with Crippen LogP contribution in [0.4, 0.5) is 0 Å². The number of halogens is 3. The van der Waals surface area contributed by atoms with Crippen LogP contribution in [0, 0.1) is 0 Å². The molecule has 0 aliphatic heterocycles. The number of hydrogen-bond donors (Lipinski definition) is 0. The van der Waals surface area contributed by atoms with Gasteiger partial charge in [-0.3, -0.25) is 0 Å². The van der Waals surface area contributed by atoms with Gasteiger partial charge in [0.1, 0.15) is 5.75 Å². The second kappa shape index (κ2) is 5.49. The third-order valence-electron chi connectivity index (χ3n) is 2.31. The molecule has 0 amide bonds. The average molecular weight is 308 g/mol. The van der Waals surface area contributed by atoms with Gasteiger partial charge >= 0.3 is 0 Å². The zero-order chi connectivity index (χ0) is 12.4. The van der Waals surface area contributed by atoms with Gasteiger partial charge in [0.15, 0.2) is 0 Å². The van der Waals surface area contributed by atoms with E-state index in [4.69, 9.17) is 39.5 Å². The molecule has 1 aromatic carbocycles. The fourth-order valence-electron chi connectivity index (χ4n) is 1.44. The maximum absolute atomic E-state index is 6.39. The van der Waals surface area contributed by atoms with E-state index in [1.165, 1.54) is 11.3 Å². The Morgan fingerprint density at radius 1 is 1.24 bits per heavy atom. The number of benzene rings is 1. The minimum absolute atomic E-state index is 0.310. The van der Waals surface area contributed by atoms with Crippen LogP contribution in [0.2, 0.25) is 10.0 Å². The van der Waals surface area contributed by atoms with Crippen molar-refractivity contribution < 1.29 is 4.74 Å². The predicted octanol–water partition coefficient (Wildman–Crippen LogP) is 5.39. The standard InChI is InChI=1S/C12H9Cl3OS/c1-16-8-5-11(17-6-8)12(15)9-4-7(13)2-3-10(9)14/h2-6,12H,1H3. The second-order valence-electron chi connectivity index (χ2n) is 3.42. The SMILES string of the molecule is COc1csc(C(Cl)c2cc(Cl)ccc2Cl)c1. The Balaban J connectivity index is 2.35. The van der Waals surface area contributed by atoms with Crippen molar-refractivity contribution in [2.45, 2.75) is 5.38 Å². The molecule has 0 fully saturated rings. The molecular formula is C12H9Cl3OS. The number of ether oxygens (including phenoxy) is 1. The Bertz CT molecular complexity index is 524. The third-order valence-corrected chi connectivity index (χ3v) is 4.47. The minimum Gasteiger partial charge on any atom is -0.496 e. The fourth-order valence-corrected chi connectivity index (χ4v) is 3.14. The highest BCUT2D eigenvalue weighted by Gasteiger charge is 2.17. The van der Waals surface area contributed by atoms with Gasteiger partial charge in [-0.1, -0.05) is 23.2 Å². The van der Waals surface area contributed by atoms with Gasteiger partial charge < -0.3 is 4.74 Å². The molecule has 1 unspecified atom stereocenters. The summed E-state index contributed by atoms with van der Waals surface area (Å²) >= 11 is 20.0. The molecule has 0 bridgehead atoms. The largest absolute Gasteiger partial charge is 0.496 e. The van der Waals surface area contributed by atoms with E-state index in [2.05, 4.69) is 0 Å². The first-order chi connectivity index (χ1) is 8.11.